The molecule has 2 amide bonds. The lowest BCUT2D eigenvalue weighted by Gasteiger charge is -2.27. The van der Waals surface area contributed by atoms with Crippen molar-refractivity contribution in [3.8, 4) is 0 Å². The molecular formula is C25H24ClN3O6S2. The average molecular weight is 562 g/mol. The minimum atomic E-state index is -4.16. The number of benzene rings is 3. The van der Waals surface area contributed by atoms with E-state index in [0.717, 1.165) is 20.3 Å². The molecule has 1 aliphatic heterocycles. The Bertz CT molecular complexity index is 1560. The maximum Gasteiger partial charge on any atom is 0.252 e. The quantitative estimate of drug-likeness (QED) is 0.420. The van der Waals surface area contributed by atoms with E-state index in [2.05, 4.69) is 0 Å². The van der Waals surface area contributed by atoms with Gasteiger partial charge in [0.05, 0.1) is 21.9 Å². The maximum absolute atomic E-state index is 13.7. The molecule has 0 aliphatic carbocycles. The van der Waals surface area contributed by atoms with Crippen LogP contribution in [0.4, 0.5) is 5.69 Å². The third kappa shape index (κ3) is 5.76. The molecule has 1 atom stereocenters. The molecule has 1 heterocycles. The molecule has 2 N–H and O–H groups in total. The summed E-state index contributed by atoms with van der Waals surface area (Å²) in [6.07, 6.45) is -0.108. The predicted molar refractivity (Wildman–Crippen MR) is 139 cm³/mol. The Hall–Kier alpha value is -3.09. The van der Waals surface area contributed by atoms with Crippen molar-refractivity contribution in [2.75, 3.05) is 11.4 Å². The van der Waals surface area contributed by atoms with Crippen LogP contribution in [0.2, 0.25) is 5.02 Å². The van der Waals surface area contributed by atoms with E-state index in [0.29, 0.717) is 5.02 Å². The Balaban J connectivity index is 1.69. The summed E-state index contributed by atoms with van der Waals surface area (Å²) >= 11 is 6.07. The molecule has 4 rings (SSSR count). The van der Waals surface area contributed by atoms with Crippen LogP contribution in [0.1, 0.15) is 17.5 Å². The number of amides is 2. The minimum Gasteiger partial charge on any atom is -0.274 e. The van der Waals surface area contributed by atoms with E-state index >= 15 is 0 Å². The molecule has 0 bridgehead atoms. The molecule has 1 fully saturated rings. The number of primary sulfonamides is 1. The SMILES string of the molecule is Cc1ccc(S(=O)(=O)N(CCc2cccc(Cl)c2)C2CC(=O)N(c3ccc(S(N)(=O)=O)cc3)C2=O)cc1. The molecule has 0 aromatic heterocycles. The highest BCUT2D eigenvalue weighted by Gasteiger charge is 2.46. The largest absolute Gasteiger partial charge is 0.274 e. The van der Waals surface area contributed by atoms with Gasteiger partial charge in [-0.05, 0) is 67.4 Å². The van der Waals surface area contributed by atoms with Crippen molar-refractivity contribution in [3.05, 3.63) is 88.9 Å². The first-order chi connectivity index (χ1) is 17.4. The van der Waals surface area contributed by atoms with Crippen molar-refractivity contribution in [2.24, 2.45) is 5.14 Å². The smallest absolute Gasteiger partial charge is 0.252 e. The molecule has 0 radical (unpaired) electrons. The van der Waals surface area contributed by atoms with Gasteiger partial charge in [0.15, 0.2) is 0 Å². The van der Waals surface area contributed by atoms with E-state index in [-0.39, 0.29) is 34.9 Å². The number of sulfonamides is 2. The highest BCUT2D eigenvalue weighted by molar-refractivity contribution is 7.89. The summed E-state index contributed by atoms with van der Waals surface area (Å²) in [5, 5.41) is 5.62. The first kappa shape index (κ1) is 27.0. The maximum atomic E-state index is 13.7. The van der Waals surface area contributed by atoms with E-state index in [4.69, 9.17) is 16.7 Å². The second-order valence-electron chi connectivity index (χ2n) is 8.63. The van der Waals surface area contributed by atoms with Crippen LogP contribution in [0.25, 0.3) is 0 Å². The van der Waals surface area contributed by atoms with Crippen LogP contribution in [0.15, 0.2) is 82.6 Å². The number of rotatable bonds is 8. The van der Waals surface area contributed by atoms with Gasteiger partial charge in [-0.2, -0.15) is 4.31 Å². The highest BCUT2D eigenvalue weighted by atomic mass is 35.5. The topological polar surface area (TPSA) is 135 Å². The number of hydrogen-bond acceptors (Lipinski definition) is 6. The van der Waals surface area contributed by atoms with Gasteiger partial charge in [-0.15, -0.1) is 0 Å². The van der Waals surface area contributed by atoms with Crippen molar-refractivity contribution < 1.29 is 26.4 Å². The summed E-state index contributed by atoms with van der Waals surface area (Å²) in [5.41, 5.74) is 1.75. The molecule has 12 heteroatoms. The highest BCUT2D eigenvalue weighted by Crippen LogP contribution is 2.30. The Kier molecular flexibility index (Phi) is 7.54. The van der Waals surface area contributed by atoms with E-state index in [1.165, 1.54) is 36.4 Å². The summed E-state index contributed by atoms with van der Waals surface area (Å²) in [6.45, 7) is 1.75. The fourth-order valence-corrected chi connectivity index (χ4v) is 6.43. The molecule has 1 aliphatic rings. The fourth-order valence-electron chi connectivity index (χ4n) is 4.12. The molecule has 9 nitrogen and oxygen atoms in total. The second-order valence-corrected chi connectivity index (χ2v) is 12.5. The predicted octanol–water partition coefficient (Wildman–Crippen LogP) is 2.86. The van der Waals surface area contributed by atoms with Gasteiger partial charge in [0.2, 0.25) is 26.0 Å². The Morgan fingerprint density at radius 2 is 1.57 bits per heavy atom. The van der Waals surface area contributed by atoms with Crippen molar-refractivity contribution in [1.82, 2.24) is 4.31 Å². The number of halogens is 1. The summed E-state index contributed by atoms with van der Waals surface area (Å²) < 4.78 is 51.6. The monoisotopic (exact) mass is 561 g/mol. The number of nitrogens with zero attached hydrogens (tertiary/aromatic N) is 2. The number of carbonyl (C=O) groups excluding carboxylic acids is 2. The number of aryl methyl sites for hydroxylation is 1. The van der Waals surface area contributed by atoms with Crippen molar-refractivity contribution in [3.63, 3.8) is 0 Å². The number of hydrogen-bond donors (Lipinski definition) is 1. The molecular weight excluding hydrogens is 538 g/mol. The van der Waals surface area contributed by atoms with E-state index in [9.17, 15) is 26.4 Å². The van der Waals surface area contributed by atoms with E-state index in [1.807, 2.05) is 6.92 Å². The van der Waals surface area contributed by atoms with Crippen LogP contribution >= 0.6 is 11.6 Å². The lowest BCUT2D eigenvalue weighted by Crippen LogP contribution is -2.46. The minimum absolute atomic E-state index is 0.000369. The van der Waals surface area contributed by atoms with Gasteiger partial charge in [-0.25, -0.2) is 26.9 Å². The molecule has 1 saturated heterocycles. The summed E-state index contributed by atoms with van der Waals surface area (Å²) in [7, 11) is -8.13. The zero-order chi connectivity index (χ0) is 27.0. The molecule has 3 aromatic rings. The van der Waals surface area contributed by atoms with Crippen molar-refractivity contribution >= 4 is 49.1 Å². The van der Waals surface area contributed by atoms with E-state index < -0.39 is 37.9 Å². The number of anilines is 1. The van der Waals surface area contributed by atoms with Crippen LogP contribution in [-0.4, -0.2) is 45.5 Å². The summed E-state index contributed by atoms with van der Waals surface area (Å²) in [5.74, 6) is -1.33. The Morgan fingerprint density at radius 3 is 2.16 bits per heavy atom. The standard InChI is InChI=1S/C25H24ClN3O6S2/c1-17-5-9-22(10-6-17)37(34,35)28(14-13-18-3-2-4-19(26)15-18)23-16-24(30)29(25(23)31)20-7-11-21(12-8-20)36(27,32)33/h2-12,15,23H,13-14,16H2,1H3,(H2,27,32,33). The lowest BCUT2D eigenvalue weighted by molar-refractivity contribution is -0.122. The van der Waals surface area contributed by atoms with Crippen LogP contribution in [-0.2, 0) is 36.1 Å². The second kappa shape index (κ2) is 10.3. The molecule has 3 aromatic carbocycles. The molecule has 194 valence electrons. The lowest BCUT2D eigenvalue weighted by atomic mass is 10.1. The summed E-state index contributed by atoms with van der Waals surface area (Å²) in [4.78, 5) is 27.1. The van der Waals surface area contributed by atoms with Gasteiger partial charge in [0.25, 0.3) is 5.91 Å². The summed E-state index contributed by atoms with van der Waals surface area (Å²) in [6, 6.07) is 16.8. The van der Waals surface area contributed by atoms with Gasteiger partial charge in [-0.3, -0.25) is 9.59 Å². The van der Waals surface area contributed by atoms with Gasteiger partial charge in [0, 0.05) is 11.6 Å². The molecule has 0 spiro atoms. The van der Waals surface area contributed by atoms with Crippen LogP contribution in [0, 0.1) is 6.92 Å². The average Bonchev–Trinajstić information content (AvgIpc) is 3.12. The number of imide groups is 1. The zero-order valence-electron chi connectivity index (χ0n) is 19.7. The Labute approximate surface area is 220 Å². The zero-order valence-corrected chi connectivity index (χ0v) is 22.1. The fraction of sp³-hybridized carbons (Fsp3) is 0.200. The first-order valence-electron chi connectivity index (χ1n) is 11.2. The Morgan fingerprint density at radius 1 is 0.946 bits per heavy atom. The number of nitrogens with two attached hydrogens (primary N) is 1. The normalized spacial score (nSPS) is 16.5. The third-order valence-corrected chi connectivity index (χ3v) is 9.12. The third-order valence-electron chi connectivity index (χ3n) is 6.03. The van der Waals surface area contributed by atoms with Crippen LogP contribution in [0.3, 0.4) is 0 Å². The van der Waals surface area contributed by atoms with Gasteiger partial charge >= 0.3 is 0 Å². The van der Waals surface area contributed by atoms with E-state index in [1.54, 1.807) is 36.4 Å². The first-order valence-corrected chi connectivity index (χ1v) is 14.6. The van der Waals surface area contributed by atoms with Gasteiger partial charge in [-0.1, -0.05) is 41.4 Å². The number of carbonyl (C=O) groups is 2. The molecule has 0 saturated carbocycles. The van der Waals surface area contributed by atoms with Gasteiger partial charge in [0.1, 0.15) is 6.04 Å². The van der Waals surface area contributed by atoms with Crippen LogP contribution in [0.5, 0.6) is 0 Å². The van der Waals surface area contributed by atoms with Crippen molar-refractivity contribution in [1.29, 1.82) is 0 Å². The van der Waals surface area contributed by atoms with Crippen LogP contribution < -0.4 is 10.0 Å². The molecule has 1 unspecified atom stereocenters. The van der Waals surface area contributed by atoms with Crippen molar-refractivity contribution in [2.45, 2.75) is 35.6 Å². The molecule has 37 heavy (non-hydrogen) atoms. The van der Waals surface area contributed by atoms with Gasteiger partial charge < -0.3 is 0 Å².